The van der Waals surface area contributed by atoms with Gasteiger partial charge >= 0.3 is 5.97 Å². The Morgan fingerprint density at radius 1 is 1.26 bits per heavy atom. The van der Waals surface area contributed by atoms with Gasteiger partial charge in [0.1, 0.15) is 13.2 Å². The first kappa shape index (κ1) is 13.5. The van der Waals surface area contributed by atoms with Crippen LogP contribution < -0.4 is 15.2 Å². The third-order valence-electron chi connectivity index (χ3n) is 2.89. The normalized spacial score (nSPS) is 15.4. The van der Waals surface area contributed by atoms with Crippen molar-refractivity contribution >= 4 is 5.97 Å². The van der Waals surface area contributed by atoms with Crippen LogP contribution in [0.4, 0.5) is 8.78 Å². The lowest BCUT2D eigenvalue weighted by atomic mass is 9.93. The Bertz CT molecular complexity index is 493. The van der Waals surface area contributed by atoms with Crippen LogP contribution >= 0.6 is 0 Å². The fourth-order valence-electron chi connectivity index (χ4n) is 1.97. The van der Waals surface area contributed by atoms with Crippen molar-refractivity contribution in [3.05, 3.63) is 23.3 Å². The minimum atomic E-state index is -2.81. The monoisotopic (exact) mass is 273 g/mol. The molecule has 1 aliphatic rings. The molecule has 19 heavy (non-hydrogen) atoms. The molecule has 0 spiro atoms. The van der Waals surface area contributed by atoms with E-state index in [1.165, 1.54) is 6.07 Å². The molecule has 1 unspecified atom stereocenters. The maximum atomic E-state index is 13.0. The summed E-state index contributed by atoms with van der Waals surface area (Å²) in [7, 11) is 0. The summed E-state index contributed by atoms with van der Waals surface area (Å²) in [5.74, 6) is -1.97. The van der Waals surface area contributed by atoms with Crippen molar-refractivity contribution in [2.75, 3.05) is 19.8 Å². The van der Waals surface area contributed by atoms with Gasteiger partial charge in [-0.1, -0.05) is 0 Å². The molecule has 0 saturated carbocycles. The molecular formula is C12H13F2NO4. The summed E-state index contributed by atoms with van der Waals surface area (Å²) in [6.07, 6.45) is -2.81. The van der Waals surface area contributed by atoms with Crippen LogP contribution in [0.25, 0.3) is 0 Å². The predicted octanol–water partition coefficient (Wildman–Crippen LogP) is 1.52. The molecule has 0 saturated heterocycles. The zero-order chi connectivity index (χ0) is 14.0. The van der Waals surface area contributed by atoms with Gasteiger partial charge in [-0.3, -0.25) is 4.79 Å². The zero-order valence-electron chi connectivity index (χ0n) is 9.94. The average molecular weight is 273 g/mol. The molecule has 0 aliphatic carbocycles. The van der Waals surface area contributed by atoms with E-state index in [2.05, 4.69) is 0 Å². The van der Waals surface area contributed by atoms with E-state index < -0.39 is 18.3 Å². The van der Waals surface area contributed by atoms with Crippen molar-refractivity contribution < 1.29 is 28.2 Å². The molecule has 2 rings (SSSR count). The van der Waals surface area contributed by atoms with Crippen LogP contribution in [0, 0.1) is 0 Å². The van der Waals surface area contributed by atoms with E-state index in [0.29, 0.717) is 6.61 Å². The molecular weight excluding hydrogens is 260 g/mol. The second kappa shape index (κ2) is 5.40. The summed E-state index contributed by atoms with van der Waals surface area (Å²) in [5.41, 5.74) is 4.93. The van der Waals surface area contributed by atoms with Gasteiger partial charge in [-0.25, -0.2) is 8.78 Å². The first-order chi connectivity index (χ1) is 9.04. The number of benzene rings is 1. The number of carboxylic acids is 1. The lowest BCUT2D eigenvalue weighted by Gasteiger charge is -2.22. The lowest BCUT2D eigenvalue weighted by Crippen LogP contribution is -2.23. The number of alkyl halides is 2. The minimum absolute atomic E-state index is 0.0331. The number of carboxylic acid groups (broad SMARTS) is 1. The van der Waals surface area contributed by atoms with Crippen LogP contribution in [-0.4, -0.2) is 30.8 Å². The molecule has 5 nitrogen and oxygen atoms in total. The molecule has 1 atom stereocenters. The van der Waals surface area contributed by atoms with E-state index in [0.717, 1.165) is 6.07 Å². The zero-order valence-corrected chi connectivity index (χ0v) is 9.94. The van der Waals surface area contributed by atoms with Crippen LogP contribution in [0.1, 0.15) is 23.5 Å². The highest BCUT2D eigenvalue weighted by atomic mass is 19.3. The van der Waals surface area contributed by atoms with Crippen molar-refractivity contribution in [3.8, 4) is 11.5 Å². The van der Waals surface area contributed by atoms with Gasteiger partial charge in [0.2, 0.25) is 0 Å². The summed E-state index contributed by atoms with van der Waals surface area (Å²) < 4.78 is 36.5. The SMILES string of the molecule is NCC(C(=O)O)c1cc2c(cc1C(F)F)OCCO2. The summed E-state index contributed by atoms with van der Waals surface area (Å²) in [6, 6.07) is 2.40. The number of halogens is 2. The van der Waals surface area contributed by atoms with Crippen LogP contribution in [0.15, 0.2) is 12.1 Å². The quantitative estimate of drug-likeness (QED) is 0.869. The molecule has 104 valence electrons. The molecule has 0 radical (unpaired) electrons. The molecule has 1 aliphatic heterocycles. The lowest BCUT2D eigenvalue weighted by molar-refractivity contribution is -0.138. The van der Waals surface area contributed by atoms with Gasteiger partial charge in [0, 0.05) is 12.1 Å². The molecule has 7 heteroatoms. The summed E-state index contributed by atoms with van der Waals surface area (Å²) in [4.78, 5) is 11.1. The number of ether oxygens (including phenoxy) is 2. The van der Waals surface area contributed by atoms with Gasteiger partial charge in [0.15, 0.2) is 11.5 Å². The fraction of sp³-hybridized carbons (Fsp3) is 0.417. The molecule has 3 N–H and O–H groups in total. The van der Waals surface area contributed by atoms with E-state index in [-0.39, 0.29) is 35.8 Å². The summed E-state index contributed by atoms with van der Waals surface area (Å²) in [5, 5.41) is 9.04. The molecule has 0 fully saturated rings. The van der Waals surface area contributed by atoms with Gasteiger partial charge in [0.25, 0.3) is 6.43 Å². The van der Waals surface area contributed by atoms with Crippen molar-refractivity contribution in [1.82, 2.24) is 0 Å². The van der Waals surface area contributed by atoms with Gasteiger partial charge in [-0.2, -0.15) is 0 Å². The Kier molecular flexibility index (Phi) is 3.84. The van der Waals surface area contributed by atoms with E-state index >= 15 is 0 Å². The highest BCUT2D eigenvalue weighted by Gasteiger charge is 2.28. The molecule has 0 aromatic heterocycles. The smallest absolute Gasteiger partial charge is 0.312 e. The van der Waals surface area contributed by atoms with Gasteiger partial charge in [-0.15, -0.1) is 0 Å². The Labute approximate surface area is 107 Å². The van der Waals surface area contributed by atoms with Crippen LogP contribution in [0.5, 0.6) is 11.5 Å². The molecule has 0 bridgehead atoms. The van der Waals surface area contributed by atoms with Crippen LogP contribution in [0.3, 0.4) is 0 Å². The molecule has 0 amide bonds. The number of hydrogen-bond acceptors (Lipinski definition) is 4. The average Bonchev–Trinajstić information content (AvgIpc) is 2.38. The van der Waals surface area contributed by atoms with E-state index in [4.69, 9.17) is 20.3 Å². The molecule has 1 heterocycles. The summed E-state index contributed by atoms with van der Waals surface area (Å²) in [6.45, 7) is 0.295. The van der Waals surface area contributed by atoms with E-state index in [1.807, 2.05) is 0 Å². The largest absolute Gasteiger partial charge is 0.486 e. The Balaban J connectivity index is 2.53. The maximum absolute atomic E-state index is 13.0. The number of aliphatic carboxylic acids is 1. The maximum Gasteiger partial charge on any atom is 0.312 e. The number of hydrogen-bond donors (Lipinski definition) is 2. The summed E-state index contributed by atoms with van der Waals surface area (Å²) >= 11 is 0. The fourth-order valence-corrected chi connectivity index (χ4v) is 1.97. The number of carbonyl (C=O) groups is 1. The first-order valence-corrected chi connectivity index (χ1v) is 5.69. The topological polar surface area (TPSA) is 81.8 Å². The second-order valence-corrected chi connectivity index (χ2v) is 4.05. The number of rotatable bonds is 4. The Morgan fingerprint density at radius 3 is 2.21 bits per heavy atom. The van der Waals surface area contributed by atoms with Crippen LogP contribution in [-0.2, 0) is 4.79 Å². The third kappa shape index (κ3) is 2.60. The first-order valence-electron chi connectivity index (χ1n) is 5.69. The number of fused-ring (bicyclic) bond motifs is 1. The van der Waals surface area contributed by atoms with Gasteiger partial charge in [-0.05, 0) is 17.7 Å². The highest BCUT2D eigenvalue weighted by molar-refractivity contribution is 5.77. The van der Waals surface area contributed by atoms with E-state index in [1.54, 1.807) is 0 Å². The van der Waals surface area contributed by atoms with Crippen molar-refractivity contribution in [3.63, 3.8) is 0 Å². The minimum Gasteiger partial charge on any atom is -0.486 e. The number of nitrogens with two attached hydrogens (primary N) is 1. The predicted molar refractivity (Wildman–Crippen MR) is 61.8 cm³/mol. The Hall–Kier alpha value is -1.89. The van der Waals surface area contributed by atoms with Crippen molar-refractivity contribution in [1.29, 1.82) is 0 Å². The van der Waals surface area contributed by atoms with Gasteiger partial charge in [0.05, 0.1) is 5.92 Å². The van der Waals surface area contributed by atoms with Crippen LogP contribution in [0.2, 0.25) is 0 Å². The molecule has 1 aromatic carbocycles. The second-order valence-electron chi connectivity index (χ2n) is 4.05. The van der Waals surface area contributed by atoms with Crippen molar-refractivity contribution in [2.24, 2.45) is 5.73 Å². The van der Waals surface area contributed by atoms with E-state index in [9.17, 15) is 13.6 Å². The standard InChI is InChI=1S/C12H13F2NO4/c13-11(14)7-4-10-9(18-1-2-19-10)3-6(7)8(5-15)12(16)17/h3-4,8,11H,1-2,5,15H2,(H,16,17). The molecule has 1 aromatic rings. The highest BCUT2D eigenvalue weighted by Crippen LogP contribution is 2.39. The third-order valence-corrected chi connectivity index (χ3v) is 2.89. The van der Waals surface area contributed by atoms with Gasteiger partial charge < -0.3 is 20.3 Å². The Morgan fingerprint density at radius 2 is 1.79 bits per heavy atom. The van der Waals surface area contributed by atoms with Crippen molar-refractivity contribution in [2.45, 2.75) is 12.3 Å².